The lowest BCUT2D eigenvalue weighted by molar-refractivity contribution is 0.102. The number of piperidine rings is 1. The number of nitrogens with zero attached hydrogens (tertiary/aromatic N) is 3. The minimum atomic E-state index is -0.303. The topological polar surface area (TPSA) is 50.2 Å². The molecule has 1 saturated heterocycles. The molecular formula is C23H25FN4O. The Morgan fingerprint density at radius 2 is 1.83 bits per heavy atom. The molecule has 0 aliphatic carbocycles. The molecular weight excluding hydrogens is 367 g/mol. The molecule has 0 spiro atoms. The number of benzene rings is 2. The van der Waals surface area contributed by atoms with Crippen LogP contribution in [0.15, 0.2) is 48.5 Å². The van der Waals surface area contributed by atoms with E-state index < -0.39 is 0 Å². The lowest BCUT2D eigenvalue weighted by Gasteiger charge is -2.29. The molecule has 29 heavy (non-hydrogen) atoms. The zero-order valence-corrected chi connectivity index (χ0v) is 16.8. The molecule has 0 unspecified atom stereocenters. The summed E-state index contributed by atoms with van der Waals surface area (Å²) in [6.45, 7) is 3.74. The van der Waals surface area contributed by atoms with Crippen molar-refractivity contribution in [3.8, 4) is 11.3 Å². The Labute approximate surface area is 170 Å². The number of carbonyl (C=O) groups is 1. The molecule has 1 fully saturated rings. The molecule has 0 saturated carbocycles. The van der Waals surface area contributed by atoms with E-state index >= 15 is 0 Å². The zero-order valence-electron chi connectivity index (χ0n) is 16.8. The molecule has 1 aliphatic heterocycles. The van der Waals surface area contributed by atoms with Crippen LogP contribution >= 0.6 is 0 Å². The van der Waals surface area contributed by atoms with Crippen molar-refractivity contribution < 1.29 is 9.18 Å². The van der Waals surface area contributed by atoms with E-state index in [0.29, 0.717) is 22.6 Å². The Bertz CT molecular complexity index is 1040. The fraction of sp³-hybridized carbons (Fsp3) is 0.304. The van der Waals surface area contributed by atoms with E-state index in [2.05, 4.69) is 15.3 Å². The fourth-order valence-electron chi connectivity index (χ4n) is 3.87. The van der Waals surface area contributed by atoms with Gasteiger partial charge < -0.3 is 10.2 Å². The summed E-state index contributed by atoms with van der Waals surface area (Å²) in [5, 5.41) is 7.71. The average Bonchev–Trinajstić information content (AvgIpc) is 3.05. The summed E-state index contributed by atoms with van der Waals surface area (Å²) in [6, 6.07) is 13.9. The SMILES string of the molecule is Cc1cccc(C(=O)Nc2c(N3CCCCC3)c(-c3cccc(F)c3)nn2C)c1. The number of amides is 1. The molecule has 3 aromatic rings. The molecule has 4 rings (SSSR count). The summed E-state index contributed by atoms with van der Waals surface area (Å²) in [5.41, 5.74) is 3.88. The molecule has 2 heterocycles. The molecule has 1 aromatic heterocycles. The van der Waals surface area contributed by atoms with Gasteiger partial charge in [0.05, 0.1) is 0 Å². The van der Waals surface area contributed by atoms with Crippen LogP contribution in [0.1, 0.15) is 35.2 Å². The molecule has 0 radical (unpaired) electrons. The van der Waals surface area contributed by atoms with Crippen molar-refractivity contribution in [1.82, 2.24) is 9.78 Å². The van der Waals surface area contributed by atoms with E-state index in [1.54, 1.807) is 16.8 Å². The lowest BCUT2D eigenvalue weighted by Crippen LogP contribution is -2.30. The highest BCUT2D eigenvalue weighted by atomic mass is 19.1. The second-order valence-electron chi connectivity index (χ2n) is 7.55. The van der Waals surface area contributed by atoms with Gasteiger partial charge in [0.1, 0.15) is 17.2 Å². The van der Waals surface area contributed by atoms with Crippen LogP contribution < -0.4 is 10.2 Å². The van der Waals surface area contributed by atoms with E-state index in [1.807, 2.05) is 38.2 Å². The molecule has 0 bridgehead atoms. The van der Waals surface area contributed by atoms with Crippen molar-refractivity contribution in [2.45, 2.75) is 26.2 Å². The number of hydrogen-bond acceptors (Lipinski definition) is 3. The van der Waals surface area contributed by atoms with Gasteiger partial charge in [0.2, 0.25) is 0 Å². The van der Waals surface area contributed by atoms with Crippen molar-refractivity contribution in [2.75, 3.05) is 23.3 Å². The largest absolute Gasteiger partial charge is 0.367 e. The monoisotopic (exact) mass is 392 g/mol. The third-order valence-corrected chi connectivity index (χ3v) is 5.30. The summed E-state index contributed by atoms with van der Waals surface area (Å²) < 4.78 is 15.6. The van der Waals surface area contributed by atoms with Gasteiger partial charge in [-0.15, -0.1) is 0 Å². The smallest absolute Gasteiger partial charge is 0.256 e. The normalized spacial score (nSPS) is 14.1. The van der Waals surface area contributed by atoms with Crippen LogP contribution in [0.4, 0.5) is 15.9 Å². The van der Waals surface area contributed by atoms with Crippen LogP contribution in [0.2, 0.25) is 0 Å². The van der Waals surface area contributed by atoms with Gasteiger partial charge in [0.25, 0.3) is 5.91 Å². The third-order valence-electron chi connectivity index (χ3n) is 5.30. The first kappa shape index (κ1) is 19.2. The van der Waals surface area contributed by atoms with E-state index in [9.17, 15) is 9.18 Å². The fourth-order valence-corrected chi connectivity index (χ4v) is 3.87. The minimum absolute atomic E-state index is 0.180. The highest BCUT2D eigenvalue weighted by Gasteiger charge is 2.26. The maximum atomic E-state index is 13.9. The van der Waals surface area contributed by atoms with Crippen LogP contribution in [0.3, 0.4) is 0 Å². The predicted octanol–water partition coefficient (Wildman–Crippen LogP) is 4.78. The number of hydrogen-bond donors (Lipinski definition) is 1. The molecule has 2 aromatic carbocycles. The molecule has 0 atom stereocenters. The number of aromatic nitrogens is 2. The summed E-state index contributed by atoms with van der Waals surface area (Å²) in [7, 11) is 1.81. The van der Waals surface area contributed by atoms with Crippen LogP contribution in [0, 0.1) is 12.7 Å². The van der Waals surface area contributed by atoms with E-state index in [1.165, 1.54) is 18.6 Å². The van der Waals surface area contributed by atoms with E-state index in [-0.39, 0.29) is 11.7 Å². The number of rotatable bonds is 4. The standard InChI is InChI=1S/C23H25FN4O/c1-16-8-6-10-18(14-16)23(29)25-22-21(28-12-4-3-5-13-28)20(26-27(22)2)17-9-7-11-19(24)15-17/h6-11,14-15H,3-5,12-13H2,1-2H3,(H,25,29). The summed E-state index contributed by atoms with van der Waals surface area (Å²) in [4.78, 5) is 15.2. The molecule has 1 aliphatic rings. The molecule has 150 valence electrons. The molecule has 6 heteroatoms. The Kier molecular flexibility index (Phi) is 5.34. The van der Waals surface area contributed by atoms with Crippen LogP contribution in [0.5, 0.6) is 0 Å². The first-order valence-corrected chi connectivity index (χ1v) is 9.99. The highest BCUT2D eigenvalue weighted by molar-refractivity contribution is 6.06. The van der Waals surface area contributed by atoms with Gasteiger partial charge in [-0.3, -0.25) is 9.48 Å². The first-order valence-electron chi connectivity index (χ1n) is 9.99. The van der Waals surface area contributed by atoms with Crippen LogP contribution in [-0.2, 0) is 7.05 Å². The Morgan fingerprint density at radius 1 is 1.07 bits per heavy atom. The average molecular weight is 392 g/mol. The number of aryl methyl sites for hydroxylation is 2. The van der Waals surface area contributed by atoms with Crippen molar-refractivity contribution in [2.24, 2.45) is 7.05 Å². The van der Waals surface area contributed by atoms with Crippen LogP contribution in [-0.4, -0.2) is 28.8 Å². The van der Waals surface area contributed by atoms with Gasteiger partial charge in [-0.05, 0) is 50.5 Å². The van der Waals surface area contributed by atoms with Crippen LogP contribution in [0.25, 0.3) is 11.3 Å². The third kappa shape index (κ3) is 4.01. The maximum Gasteiger partial charge on any atom is 0.256 e. The Morgan fingerprint density at radius 3 is 2.55 bits per heavy atom. The summed E-state index contributed by atoms with van der Waals surface area (Å²) in [6.07, 6.45) is 3.36. The first-order chi connectivity index (χ1) is 14.0. The number of carbonyl (C=O) groups excluding carboxylic acids is 1. The van der Waals surface area contributed by atoms with Gasteiger partial charge in [0, 0.05) is 31.3 Å². The van der Waals surface area contributed by atoms with Gasteiger partial charge in [0.15, 0.2) is 5.82 Å². The number of anilines is 2. The minimum Gasteiger partial charge on any atom is -0.367 e. The van der Waals surface area contributed by atoms with Crippen molar-refractivity contribution in [3.05, 3.63) is 65.5 Å². The van der Waals surface area contributed by atoms with Gasteiger partial charge in [-0.2, -0.15) is 5.10 Å². The maximum absolute atomic E-state index is 13.9. The van der Waals surface area contributed by atoms with Crippen molar-refractivity contribution in [1.29, 1.82) is 0 Å². The quantitative estimate of drug-likeness (QED) is 0.695. The molecule has 1 N–H and O–H groups in total. The van der Waals surface area contributed by atoms with Crippen molar-refractivity contribution in [3.63, 3.8) is 0 Å². The molecule has 1 amide bonds. The van der Waals surface area contributed by atoms with Gasteiger partial charge >= 0.3 is 0 Å². The van der Waals surface area contributed by atoms with E-state index in [4.69, 9.17) is 0 Å². The Balaban J connectivity index is 1.77. The van der Waals surface area contributed by atoms with E-state index in [0.717, 1.165) is 37.2 Å². The summed E-state index contributed by atoms with van der Waals surface area (Å²) in [5.74, 6) is 0.154. The highest BCUT2D eigenvalue weighted by Crippen LogP contribution is 2.38. The predicted molar refractivity (Wildman–Crippen MR) is 114 cm³/mol. The Hall–Kier alpha value is -3.15. The zero-order chi connectivity index (χ0) is 20.4. The lowest BCUT2D eigenvalue weighted by atomic mass is 10.1. The van der Waals surface area contributed by atoms with Gasteiger partial charge in [-0.1, -0.05) is 29.8 Å². The second kappa shape index (κ2) is 8.07. The summed E-state index contributed by atoms with van der Waals surface area (Å²) >= 11 is 0. The number of nitrogens with one attached hydrogen (secondary N) is 1. The second-order valence-corrected chi connectivity index (χ2v) is 7.55. The molecule has 5 nitrogen and oxygen atoms in total. The number of halogens is 1. The van der Waals surface area contributed by atoms with Crippen molar-refractivity contribution >= 4 is 17.4 Å². The van der Waals surface area contributed by atoms with Gasteiger partial charge in [-0.25, -0.2) is 4.39 Å².